The smallest absolute Gasteiger partial charge is 0.311 e. The Balaban J connectivity index is 2.37. The van der Waals surface area contributed by atoms with Gasteiger partial charge in [0.25, 0.3) is 0 Å². The summed E-state index contributed by atoms with van der Waals surface area (Å²) in [5.74, 6) is -0.575. The van der Waals surface area contributed by atoms with Crippen LogP contribution in [-0.2, 0) is 14.3 Å². The lowest BCUT2D eigenvalue weighted by Gasteiger charge is -2.08. The summed E-state index contributed by atoms with van der Waals surface area (Å²) in [6.07, 6.45) is 0.495. The summed E-state index contributed by atoms with van der Waals surface area (Å²) in [5.41, 5.74) is 0. The van der Waals surface area contributed by atoms with E-state index in [-0.39, 0.29) is 35.7 Å². The molecule has 0 bridgehead atoms. The van der Waals surface area contributed by atoms with Crippen LogP contribution >= 0.6 is 23.2 Å². The molecule has 110 valence electrons. The molecule has 0 heterocycles. The molecule has 0 amide bonds. The maximum Gasteiger partial charge on any atom is 0.311 e. The van der Waals surface area contributed by atoms with Gasteiger partial charge in [-0.25, -0.2) is 0 Å². The van der Waals surface area contributed by atoms with Crippen LogP contribution in [0.15, 0.2) is 18.2 Å². The normalized spacial score (nSPS) is 10.4. The lowest BCUT2D eigenvalue weighted by molar-refractivity contribution is -0.147. The van der Waals surface area contributed by atoms with Crippen LogP contribution in [-0.4, -0.2) is 18.0 Å². The van der Waals surface area contributed by atoms with E-state index in [4.69, 9.17) is 32.7 Å². The topological polar surface area (TPSA) is 52.6 Å². The maximum absolute atomic E-state index is 11.6. The highest BCUT2D eigenvalue weighted by atomic mass is 35.5. The highest BCUT2D eigenvalue weighted by Gasteiger charge is 2.12. The van der Waals surface area contributed by atoms with Crippen molar-refractivity contribution < 1.29 is 19.1 Å². The third-order valence-corrected chi connectivity index (χ3v) is 3.07. The van der Waals surface area contributed by atoms with Crippen LogP contribution in [0.5, 0.6) is 5.75 Å². The maximum atomic E-state index is 11.6. The Bertz CT molecular complexity index is 486. The molecule has 0 saturated heterocycles. The minimum absolute atomic E-state index is 0.107. The van der Waals surface area contributed by atoms with E-state index in [2.05, 4.69) is 0 Å². The molecule has 6 heteroatoms. The fourth-order valence-corrected chi connectivity index (χ4v) is 1.77. The first-order chi connectivity index (χ1) is 9.40. The summed E-state index contributed by atoms with van der Waals surface area (Å²) >= 11 is 11.7. The van der Waals surface area contributed by atoms with Crippen molar-refractivity contribution in [1.29, 1.82) is 0 Å². The van der Waals surface area contributed by atoms with Gasteiger partial charge in [0.1, 0.15) is 5.02 Å². The third-order valence-electron chi connectivity index (χ3n) is 2.27. The van der Waals surface area contributed by atoms with Gasteiger partial charge in [0.15, 0.2) is 5.75 Å². The largest absolute Gasteiger partial charge is 0.463 e. The van der Waals surface area contributed by atoms with Gasteiger partial charge < -0.3 is 9.47 Å². The lowest BCUT2D eigenvalue weighted by atomic mass is 10.2. The number of rotatable bonds is 6. The van der Waals surface area contributed by atoms with E-state index in [1.807, 2.05) is 0 Å². The van der Waals surface area contributed by atoms with Gasteiger partial charge in [-0.1, -0.05) is 29.3 Å². The average Bonchev–Trinajstić information content (AvgIpc) is 2.34. The Labute approximate surface area is 128 Å². The monoisotopic (exact) mass is 318 g/mol. The fourth-order valence-electron chi connectivity index (χ4n) is 1.44. The van der Waals surface area contributed by atoms with Crippen molar-refractivity contribution in [1.82, 2.24) is 0 Å². The lowest BCUT2D eigenvalue weighted by Crippen LogP contribution is -2.13. The first kappa shape index (κ1) is 16.8. The molecule has 0 spiro atoms. The molecule has 0 radical (unpaired) electrons. The van der Waals surface area contributed by atoms with Crippen molar-refractivity contribution in [2.45, 2.75) is 39.2 Å². The zero-order valence-corrected chi connectivity index (χ0v) is 12.8. The molecule has 0 aliphatic carbocycles. The van der Waals surface area contributed by atoms with E-state index in [1.54, 1.807) is 32.0 Å². The zero-order valence-electron chi connectivity index (χ0n) is 11.3. The average molecular weight is 319 g/mol. The second-order valence-corrected chi connectivity index (χ2v) is 5.20. The Kier molecular flexibility index (Phi) is 6.82. The van der Waals surface area contributed by atoms with Crippen LogP contribution in [0.25, 0.3) is 0 Å². The highest BCUT2D eigenvalue weighted by Crippen LogP contribution is 2.31. The molecule has 0 saturated carbocycles. The van der Waals surface area contributed by atoms with Gasteiger partial charge in [0.2, 0.25) is 0 Å². The Morgan fingerprint density at radius 3 is 2.45 bits per heavy atom. The molecule has 0 aliphatic heterocycles. The zero-order chi connectivity index (χ0) is 15.1. The van der Waals surface area contributed by atoms with Crippen molar-refractivity contribution in [3.05, 3.63) is 28.2 Å². The van der Waals surface area contributed by atoms with E-state index < -0.39 is 5.97 Å². The molecule has 1 aromatic carbocycles. The molecule has 0 atom stereocenters. The number of benzene rings is 1. The van der Waals surface area contributed by atoms with Gasteiger partial charge in [-0.05, 0) is 32.4 Å². The molecule has 1 rings (SSSR count). The number of ether oxygens (including phenoxy) is 2. The predicted molar refractivity (Wildman–Crippen MR) is 77.2 cm³/mol. The Morgan fingerprint density at radius 2 is 1.80 bits per heavy atom. The molecular weight excluding hydrogens is 303 g/mol. The van der Waals surface area contributed by atoms with Crippen molar-refractivity contribution in [2.24, 2.45) is 0 Å². The number of esters is 2. The molecule has 0 aromatic heterocycles. The van der Waals surface area contributed by atoms with Crippen LogP contribution in [0, 0.1) is 0 Å². The molecule has 4 nitrogen and oxygen atoms in total. The van der Waals surface area contributed by atoms with E-state index in [0.29, 0.717) is 11.4 Å². The summed E-state index contributed by atoms with van der Waals surface area (Å²) in [6, 6.07) is 4.79. The molecule has 0 N–H and O–H groups in total. The quantitative estimate of drug-likeness (QED) is 0.587. The van der Waals surface area contributed by atoms with Crippen LogP contribution in [0.3, 0.4) is 0 Å². The standard InChI is InChI=1S/C14H16Cl2O4/c1-9(2)19-12(17)7-4-8-13(18)20-11-6-3-5-10(15)14(11)16/h3,5-6,9H,4,7-8H2,1-2H3. The summed E-state index contributed by atoms with van der Waals surface area (Å²) in [7, 11) is 0. The second kappa shape index (κ2) is 8.12. The van der Waals surface area contributed by atoms with Gasteiger partial charge in [0, 0.05) is 12.8 Å². The minimum atomic E-state index is -0.466. The number of carbonyl (C=O) groups excluding carboxylic acids is 2. The van der Waals surface area contributed by atoms with Crippen molar-refractivity contribution in [2.75, 3.05) is 0 Å². The van der Waals surface area contributed by atoms with Gasteiger partial charge in [-0.2, -0.15) is 0 Å². The first-order valence-corrected chi connectivity index (χ1v) is 7.00. The number of hydrogen-bond donors (Lipinski definition) is 0. The number of hydrogen-bond acceptors (Lipinski definition) is 4. The van der Waals surface area contributed by atoms with Crippen LogP contribution in [0.2, 0.25) is 10.0 Å². The second-order valence-electron chi connectivity index (χ2n) is 4.42. The van der Waals surface area contributed by atoms with Gasteiger partial charge in [-0.15, -0.1) is 0 Å². The fraction of sp³-hybridized carbons (Fsp3) is 0.429. The minimum Gasteiger partial charge on any atom is -0.463 e. The predicted octanol–water partition coefficient (Wildman–Crippen LogP) is 4.02. The Morgan fingerprint density at radius 1 is 1.15 bits per heavy atom. The van der Waals surface area contributed by atoms with E-state index in [0.717, 1.165) is 0 Å². The van der Waals surface area contributed by atoms with Crippen LogP contribution in [0.4, 0.5) is 0 Å². The van der Waals surface area contributed by atoms with E-state index in [9.17, 15) is 9.59 Å². The van der Waals surface area contributed by atoms with Gasteiger partial charge in [0.05, 0.1) is 11.1 Å². The van der Waals surface area contributed by atoms with Crippen molar-refractivity contribution >= 4 is 35.1 Å². The molecule has 0 fully saturated rings. The van der Waals surface area contributed by atoms with Gasteiger partial charge in [-0.3, -0.25) is 9.59 Å². The molecular formula is C14H16Cl2O4. The molecule has 1 aromatic rings. The third kappa shape index (κ3) is 5.80. The van der Waals surface area contributed by atoms with Crippen molar-refractivity contribution in [3.63, 3.8) is 0 Å². The number of carbonyl (C=O) groups is 2. The van der Waals surface area contributed by atoms with E-state index >= 15 is 0 Å². The summed E-state index contributed by atoms with van der Waals surface area (Å²) < 4.78 is 10.0. The first-order valence-electron chi connectivity index (χ1n) is 6.24. The summed E-state index contributed by atoms with van der Waals surface area (Å²) in [5, 5.41) is 0.513. The van der Waals surface area contributed by atoms with Crippen molar-refractivity contribution in [3.8, 4) is 5.75 Å². The van der Waals surface area contributed by atoms with Crippen LogP contribution in [0.1, 0.15) is 33.1 Å². The van der Waals surface area contributed by atoms with Crippen LogP contribution < -0.4 is 4.74 Å². The highest BCUT2D eigenvalue weighted by molar-refractivity contribution is 6.43. The summed E-state index contributed by atoms with van der Waals surface area (Å²) in [4.78, 5) is 22.9. The van der Waals surface area contributed by atoms with E-state index in [1.165, 1.54) is 0 Å². The molecule has 0 aliphatic rings. The Hall–Kier alpha value is -1.26. The number of halogens is 2. The molecule has 0 unspecified atom stereocenters. The van der Waals surface area contributed by atoms with Gasteiger partial charge >= 0.3 is 11.9 Å². The molecule has 20 heavy (non-hydrogen) atoms. The SMILES string of the molecule is CC(C)OC(=O)CCCC(=O)Oc1cccc(Cl)c1Cl. The summed E-state index contributed by atoms with van der Waals surface area (Å²) in [6.45, 7) is 3.54.